The lowest BCUT2D eigenvalue weighted by molar-refractivity contribution is -0.119. The topological polar surface area (TPSA) is 95.6 Å². The van der Waals surface area contributed by atoms with Crippen molar-refractivity contribution in [3.63, 3.8) is 0 Å². The highest BCUT2D eigenvalue weighted by Crippen LogP contribution is 2.23. The van der Waals surface area contributed by atoms with Gasteiger partial charge in [-0.1, -0.05) is 12.1 Å². The molecule has 0 fully saturated rings. The molecule has 2 atom stereocenters. The number of anilines is 1. The Morgan fingerprint density at radius 1 is 1.47 bits per heavy atom. The molecule has 5 N–H and O–H groups in total. The van der Waals surface area contributed by atoms with Crippen molar-refractivity contribution in [2.75, 3.05) is 12.3 Å². The lowest BCUT2D eigenvalue weighted by Crippen LogP contribution is -2.34. The highest BCUT2D eigenvalue weighted by Gasteiger charge is 2.20. The highest BCUT2D eigenvalue weighted by atomic mass is 16.3. The number of aliphatic hydroxyl groups is 2. The number of amides is 1. The fourth-order valence-corrected chi connectivity index (χ4v) is 1.53. The van der Waals surface area contributed by atoms with Gasteiger partial charge < -0.3 is 21.3 Å². The summed E-state index contributed by atoms with van der Waals surface area (Å²) in [6.45, 7) is 3.23. The van der Waals surface area contributed by atoms with Gasteiger partial charge in [0.05, 0.1) is 0 Å². The summed E-state index contributed by atoms with van der Waals surface area (Å²) in [6.07, 6.45) is -2.19. The molecule has 0 saturated heterocycles. The number of carbonyl (C=O) groups is 1. The van der Waals surface area contributed by atoms with Crippen molar-refractivity contribution in [1.82, 2.24) is 5.32 Å². The molecule has 0 aliphatic rings. The molecule has 0 heterocycles. The summed E-state index contributed by atoms with van der Waals surface area (Å²) in [6, 6.07) is 5.20. The number of carbonyl (C=O) groups excluding carboxylic acids is 1. The maximum Gasteiger partial charge on any atom is 0.216 e. The van der Waals surface area contributed by atoms with Crippen LogP contribution >= 0.6 is 0 Å². The summed E-state index contributed by atoms with van der Waals surface area (Å²) in [5.74, 6) is -0.256. The van der Waals surface area contributed by atoms with Gasteiger partial charge in [-0.15, -0.1) is 0 Å². The van der Waals surface area contributed by atoms with Crippen LogP contribution in [-0.2, 0) is 4.79 Å². The molecular formula is C12H18N2O3. The van der Waals surface area contributed by atoms with Gasteiger partial charge in [0.2, 0.25) is 5.91 Å². The Balaban J connectivity index is 2.74. The lowest BCUT2D eigenvalue weighted by Gasteiger charge is -2.20. The Kier molecular flexibility index (Phi) is 4.48. The first kappa shape index (κ1) is 13.5. The second-order valence-corrected chi connectivity index (χ2v) is 4.08. The molecule has 1 rings (SSSR count). The number of nitrogen functional groups attached to an aromatic ring is 1. The summed E-state index contributed by atoms with van der Waals surface area (Å²) < 4.78 is 0. The summed E-state index contributed by atoms with van der Waals surface area (Å²) in [4.78, 5) is 10.7. The van der Waals surface area contributed by atoms with Crippen LogP contribution in [0.3, 0.4) is 0 Å². The molecule has 0 bridgehead atoms. The van der Waals surface area contributed by atoms with E-state index in [4.69, 9.17) is 5.73 Å². The van der Waals surface area contributed by atoms with Crippen molar-refractivity contribution < 1.29 is 15.0 Å². The SMILES string of the molecule is CC(=O)NCC(O)C(O)c1ccc(C)cc1N. The molecule has 1 aromatic carbocycles. The van der Waals surface area contributed by atoms with E-state index < -0.39 is 12.2 Å². The Hall–Kier alpha value is -1.59. The number of rotatable bonds is 4. The molecule has 0 spiro atoms. The Morgan fingerprint density at radius 3 is 2.65 bits per heavy atom. The Morgan fingerprint density at radius 2 is 2.12 bits per heavy atom. The predicted molar refractivity (Wildman–Crippen MR) is 65.2 cm³/mol. The monoisotopic (exact) mass is 238 g/mol. The molecule has 17 heavy (non-hydrogen) atoms. The first-order valence-electron chi connectivity index (χ1n) is 5.38. The zero-order valence-electron chi connectivity index (χ0n) is 9.97. The first-order chi connectivity index (χ1) is 7.91. The van der Waals surface area contributed by atoms with E-state index in [1.807, 2.05) is 6.92 Å². The molecule has 0 saturated carbocycles. The second kappa shape index (κ2) is 5.65. The minimum atomic E-state index is -1.11. The summed E-state index contributed by atoms with van der Waals surface area (Å²) >= 11 is 0. The third kappa shape index (κ3) is 3.72. The van der Waals surface area contributed by atoms with Crippen molar-refractivity contribution >= 4 is 11.6 Å². The van der Waals surface area contributed by atoms with Gasteiger partial charge in [-0.25, -0.2) is 0 Å². The fraction of sp³-hybridized carbons (Fsp3) is 0.417. The lowest BCUT2D eigenvalue weighted by atomic mass is 10.0. The zero-order chi connectivity index (χ0) is 13.0. The van der Waals surface area contributed by atoms with E-state index in [1.165, 1.54) is 6.92 Å². The van der Waals surface area contributed by atoms with E-state index >= 15 is 0 Å². The minimum absolute atomic E-state index is 0.0101. The van der Waals surface area contributed by atoms with Crippen molar-refractivity contribution in [3.05, 3.63) is 29.3 Å². The molecule has 0 radical (unpaired) electrons. The van der Waals surface area contributed by atoms with Crippen LogP contribution in [0, 0.1) is 6.92 Å². The number of hydrogen-bond acceptors (Lipinski definition) is 4. The van der Waals surface area contributed by atoms with Gasteiger partial charge in [-0.2, -0.15) is 0 Å². The second-order valence-electron chi connectivity index (χ2n) is 4.08. The number of aryl methyl sites for hydroxylation is 1. The predicted octanol–water partition coefficient (Wildman–Crippen LogP) is 0.108. The molecule has 5 nitrogen and oxygen atoms in total. The van der Waals surface area contributed by atoms with Gasteiger partial charge in [-0.3, -0.25) is 4.79 Å². The number of benzene rings is 1. The van der Waals surface area contributed by atoms with Gasteiger partial charge >= 0.3 is 0 Å². The number of aliphatic hydroxyl groups excluding tert-OH is 2. The smallest absolute Gasteiger partial charge is 0.216 e. The highest BCUT2D eigenvalue weighted by molar-refractivity contribution is 5.72. The van der Waals surface area contributed by atoms with E-state index in [2.05, 4.69) is 5.32 Å². The van der Waals surface area contributed by atoms with Crippen LogP contribution in [0.1, 0.15) is 24.2 Å². The van der Waals surface area contributed by atoms with Crippen molar-refractivity contribution in [1.29, 1.82) is 0 Å². The van der Waals surface area contributed by atoms with Crippen LogP contribution in [0.15, 0.2) is 18.2 Å². The molecule has 0 aromatic heterocycles. The fourth-order valence-electron chi connectivity index (χ4n) is 1.53. The van der Waals surface area contributed by atoms with Crippen LogP contribution in [0.2, 0.25) is 0 Å². The average Bonchev–Trinajstić information content (AvgIpc) is 2.25. The van der Waals surface area contributed by atoms with Gasteiger partial charge in [-0.05, 0) is 18.6 Å². The third-order valence-electron chi connectivity index (χ3n) is 2.49. The molecule has 0 aliphatic heterocycles. The van der Waals surface area contributed by atoms with Crippen LogP contribution < -0.4 is 11.1 Å². The van der Waals surface area contributed by atoms with Gasteiger partial charge in [0.15, 0.2) is 0 Å². The van der Waals surface area contributed by atoms with Crippen LogP contribution in [0.25, 0.3) is 0 Å². The van der Waals surface area contributed by atoms with Crippen LogP contribution in [-0.4, -0.2) is 28.8 Å². The molecule has 0 aliphatic carbocycles. The Bertz CT molecular complexity index is 407. The largest absolute Gasteiger partial charge is 0.398 e. The Labute approximate surface area is 100 Å². The van der Waals surface area contributed by atoms with Gasteiger partial charge in [0, 0.05) is 24.7 Å². The molecular weight excluding hydrogens is 220 g/mol. The van der Waals surface area contributed by atoms with E-state index in [1.54, 1.807) is 18.2 Å². The minimum Gasteiger partial charge on any atom is -0.398 e. The maximum absolute atomic E-state index is 10.7. The van der Waals surface area contributed by atoms with E-state index in [0.29, 0.717) is 11.3 Å². The van der Waals surface area contributed by atoms with E-state index in [0.717, 1.165) is 5.56 Å². The average molecular weight is 238 g/mol. The zero-order valence-corrected chi connectivity index (χ0v) is 9.97. The maximum atomic E-state index is 10.7. The summed E-state index contributed by atoms with van der Waals surface area (Å²) in [5.41, 5.74) is 7.64. The molecule has 1 aromatic rings. The molecule has 2 unspecified atom stereocenters. The summed E-state index contributed by atoms with van der Waals surface area (Å²) in [7, 11) is 0. The van der Waals surface area contributed by atoms with Crippen LogP contribution in [0.5, 0.6) is 0 Å². The van der Waals surface area contributed by atoms with Crippen molar-refractivity contribution in [2.24, 2.45) is 0 Å². The quantitative estimate of drug-likeness (QED) is 0.560. The van der Waals surface area contributed by atoms with E-state index in [9.17, 15) is 15.0 Å². The van der Waals surface area contributed by atoms with E-state index in [-0.39, 0.29) is 12.5 Å². The molecule has 5 heteroatoms. The van der Waals surface area contributed by atoms with Gasteiger partial charge in [0.1, 0.15) is 12.2 Å². The first-order valence-corrected chi connectivity index (χ1v) is 5.38. The third-order valence-corrected chi connectivity index (χ3v) is 2.49. The van der Waals surface area contributed by atoms with Gasteiger partial charge in [0.25, 0.3) is 0 Å². The van der Waals surface area contributed by atoms with Crippen molar-refractivity contribution in [3.8, 4) is 0 Å². The molecule has 94 valence electrons. The van der Waals surface area contributed by atoms with Crippen molar-refractivity contribution in [2.45, 2.75) is 26.1 Å². The number of nitrogens with one attached hydrogen (secondary N) is 1. The number of hydrogen-bond donors (Lipinski definition) is 4. The normalized spacial score (nSPS) is 14.1. The standard InChI is InChI=1S/C12H18N2O3/c1-7-3-4-9(10(13)5-7)12(17)11(16)6-14-8(2)15/h3-5,11-12,16-17H,6,13H2,1-2H3,(H,14,15). The van der Waals surface area contributed by atoms with Crippen LogP contribution in [0.4, 0.5) is 5.69 Å². The number of nitrogens with two attached hydrogens (primary N) is 1. The summed E-state index contributed by atoms with van der Waals surface area (Å²) in [5, 5.41) is 22.0. The molecule has 1 amide bonds.